The van der Waals surface area contributed by atoms with Crippen molar-refractivity contribution in [3.8, 4) is 0 Å². The molecule has 5 nitrogen and oxygen atoms in total. The Morgan fingerprint density at radius 2 is 2.06 bits per heavy atom. The number of aryl methyl sites for hydroxylation is 3. The average molecular weight is 249 g/mol. The van der Waals surface area contributed by atoms with Crippen LogP contribution in [0.5, 0.6) is 0 Å². The highest BCUT2D eigenvalue weighted by molar-refractivity contribution is 5.06. The smallest absolute Gasteiger partial charge is 0.243 e. The normalized spacial score (nSPS) is 11.1. The summed E-state index contributed by atoms with van der Waals surface area (Å²) < 4.78 is 11.8. The van der Waals surface area contributed by atoms with Crippen molar-refractivity contribution in [2.45, 2.75) is 26.9 Å². The first-order valence-corrected chi connectivity index (χ1v) is 6.25. The van der Waals surface area contributed by atoms with Crippen LogP contribution in [0.2, 0.25) is 0 Å². The number of hydrogen-bond acceptors (Lipinski definition) is 2. The monoisotopic (exact) mass is 249 g/mol. The molecule has 0 saturated carbocycles. The highest BCUT2D eigenvalue weighted by Crippen LogP contribution is 2.01. The number of hydrogen-bond donors (Lipinski definition) is 0. The SMILES string of the molecule is Cc1cc(C)n(CCOCCn2cc[n+](C)c2)n1. The molecule has 0 aliphatic rings. The summed E-state index contributed by atoms with van der Waals surface area (Å²) >= 11 is 0. The van der Waals surface area contributed by atoms with Crippen molar-refractivity contribution in [2.24, 2.45) is 7.05 Å². The summed E-state index contributed by atoms with van der Waals surface area (Å²) in [7, 11) is 2.01. The predicted molar refractivity (Wildman–Crippen MR) is 68.1 cm³/mol. The number of ether oxygens (including phenoxy) is 1. The van der Waals surface area contributed by atoms with Crippen LogP contribution in [0.1, 0.15) is 11.4 Å². The average Bonchev–Trinajstić information content (AvgIpc) is 2.85. The Morgan fingerprint density at radius 1 is 1.28 bits per heavy atom. The van der Waals surface area contributed by atoms with Crippen LogP contribution in [0.3, 0.4) is 0 Å². The second-order valence-electron chi connectivity index (χ2n) is 4.58. The largest absolute Gasteiger partial charge is 0.375 e. The maximum absolute atomic E-state index is 5.62. The fraction of sp³-hybridized carbons (Fsp3) is 0.538. The van der Waals surface area contributed by atoms with E-state index in [-0.39, 0.29) is 0 Å². The molecule has 0 spiro atoms. The molecule has 0 fully saturated rings. The van der Waals surface area contributed by atoms with Gasteiger partial charge in [-0.2, -0.15) is 5.10 Å². The lowest BCUT2D eigenvalue weighted by molar-refractivity contribution is -0.671. The van der Waals surface area contributed by atoms with Crippen molar-refractivity contribution in [1.29, 1.82) is 0 Å². The summed E-state index contributed by atoms with van der Waals surface area (Å²) in [5.74, 6) is 0. The maximum atomic E-state index is 5.62. The molecule has 0 aliphatic heterocycles. The highest BCUT2D eigenvalue weighted by Gasteiger charge is 2.01. The molecule has 18 heavy (non-hydrogen) atoms. The van der Waals surface area contributed by atoms with Crippen LogP contribution in [-0.4, -0.2) is 27.6 Å². The Hall–Kier alpha value is -1.62. The Balaban J connectivity index is 1.66. The van der Waals surface area contributed by atoms with E-state index in [2.05, 4.69) is 22.7 Å². The summed E-state index contributed by atoms with van der Waals surface area (Å²) in [6.45, 7) is 7.22. The van der Waals surface area contributed by atoms with Gasteiger partial charge in [-0.3, -0.25) is 4.68 Å². The van der Waals surface area contributed by atoms with Crippen LogP contribution in [0.15, 0.2) is 24.8 Å². The zero-order valence-corrected chi connectivity index (χ0v) is 11.3. The third kappa shape index (κ3) is 3.43. The van der Waals surface area contributed by atoms with E-state index >= 15 is 0 Å². The van der Waals surface area contributed by atoms with Gasteiger partial charge < -0.3 is 4.74 Å². The van der Waals surface area contributed by atoms with E-state index in [9.17, 15) is 0 Å². The Morgan fingerprint density at radius 3 is 2.67 bits per heavy atom. The van der Waals surface area contributed by atoms with E-state index in [1.54, 1.807) is 0 Å². The Kier molecular flexibility index (Phi) is 4.15. The van der Waals surface area contributed by atoms with Crippen molar-refractivity contribution in [2.75, 3.05) is 13.2 Å². The summed E-state index contributed by atoms with van der Waals surface area (Å²) in [6.07, 6.45) is 6.12. The second kappa shape index (κ2) is 5.82. The van der Waals surface area contributed by atoms with Crippen molar-refractivity contribution < 1.29 is 9.30 Å². The molecule has 0 saturated heterocycles. The van der Waals surface area contributed by atoms with E-state index in [1.165, 1.54) is 5.69 Å². The molecular formula is C13H21N4O+. The molecule has 0 unspecified atom stereocenters. The molecule has 0 atom stereocenters. The molecular weight excluding hydrogens is 228 g/mol. The topological polar surface area (TPSA) is 35.9 Å². The van der Waals surface area contributed by atoms with Crippen LogP contribution in [0.4, 0.5) is 0 Å². The Bertz CT molecular complexity index is 501. The van der Waals surface area contributed by atoms with Crippen molar-refractivity contribution >= 4 is 0 Å². The van der Waals surface area contributed by atoms with Crippen LogP contribution >= 0.6 is 0 Å². The first kappa shape index (κ1) is 12.8. The van der Waals surface area contributed by atoms with Crippen LogP contribution in [0, 0.1) is 13.8 Å². The number of imidazole rings is 1. The van der Waals surface area contributed by atoms with E-state index in [4.69, 9.17) is 4.74 Å². The fourth-order valence-corrected chi connectivity index (χ4v) is 1.96. The van der Waals surface area contributed by atoms with Crippen LogP contribution < -0.4 is 4.57 Å². The van der Waals surface area contributed by atoms with Gasteiger partial charge in [0.15, 0.2) is 0 Å². The minimum absolute atomic E-state index is 0.704. The van der Waals surface area contributed by atoms with Gasteiger partial charge in [-0.15, -0.1) is 0 Å². The lowest BCUT2D eigenvalue weighted by Gasteiger charge is -2.05. The van der Waals surface area contributed by atoms with Gasteiger partial charge in [0, 0.05) is 5.69 Å². The van der Waals surface area contributed by atoms with Gasteiger partial charge in [0.05, 0.1) is 32.5 Å². The molecule has 0 aromatic carbocycles. The first-order valence-electron chi connectivity index (χ1n) is 6.25. The first-order chi connectivity index (χ1) is 8.65. The summed E-state index contributed by atoms with van der Waals surface area (Å²) in [5, 5.41) is 4.40. The maximum Gasteiger partial charge on any atom is 0.243 e. The fourth-order valence-electron chi connectivity index (χ4n) is 1.96. The number of rotatable bonds is 6. The second-order valence-corrected chi connectivity index (χ2v) is 4.58. The molecule has 0 N–H and O–H groups in total. The molecule has 0 aliphatic carbocycles. The lowest BCUT2D eigenvalue weighted by Crippen LogP contribution is -2.24. The molecule has 2 aromatic heterocycles. The molecule has 2 rings (SSSR count). The summed E-state index contributed by atoms with van der Waals surface area (Å²) in [6, 6.07) is 2.08. The molecule has 0 radical (unpaired) electrons. The quantitative estimate of drug-likeness (QED) is 0.562. The van der Waals surface area contributed by atoms with Gasteiger partial charge in [-0.05, 0) is 19.9 Å². The zero-order valence-electron chi connectivity index (χ0n) is 11.3. The summed E-state index contributed by atoms with van der Waals surface area (Å²) in [5.41, 5.74) is 2.25. The molecule has 0 bridgehead atoms. The molecule has 0 amide bonds. The highest BCUT2D eigenvalue weighted by atomic mass is 16.5. The van der Waals surface area contributed by atoms with Gasteiger partial charge in [-0.1, -0.05) is 0 Å². The standard InChI is InChI=1S/C13H21N4O/c1-12-10-13(2)17(14-12)7-9-18-8-6-16-5-4-15(3)11-16/h4-5,10-11H,6-9H2,1-3H3/q+1. The third-order valence-electron chi connectivity index (χ3n) is 2.87. The summed E-state index contributed by atoms with van der Waals surface area (Å²) in [4.78, 5) is 0. The minimum Gasteiger partial charge on any atom is -0.375 e. The van der Waals surface area contributed by atoms with Crippen molar-refractivity contribution in [1.82, 2.24) is 14.3 Å². The van der Waals surface area contributed by atoms with Crippen LogP contribution in [0.25, 0.3) is 0 Å². The molecule has 98 valence electrons. The van der Waals surface area contributed by atoms with E-state index in [0.29, 0.717) is 6.61 Å². The van der Waals surface area contributed by atoms with E-state index in [1.807, 2.05) is 41.9 Å². The van der Waals surface area contributed by atoms with Crippen LogP contribution in [-0.2, 0) is 24.9 Å². The van der Waals surface area contributed by atoms with Gasteiger partial charge in [0.1, 0.15) is 18.9 Å². The molecule has 5 heteroatoms. The molecule has 2 heterocycles. The number of nitrogens with zero attached hydrogens (tertiary/aromatic N) is 4. The number of aromatic nitrogens is 4. The lowest BCUT2D eigenvalue weighted by atomic mass is 10.4. The van der Waals surface area contributed by atoms with Gasteiger partial charge >= 0.3 is 0 Å². The van der Waals surface area contributed by atoms with Crippen molar-refractivity contribution in [3.63, 3.8) is 0 Å². The Labute approximate surface area is 108 Å². The van der Waals surface area contributed by atoms with Gasteiger partial charge in [0.25, 0.3) is 0 Å². The third-order valence-corrected chi connectivity index (χ3v) is 2.87. The predicted octanol–water partition coefficient (Wildman–Crippen LogP) is 0.843. The minimum atomic E-state index is 0.704. The van der Waals surface area contributed by atoms with E-state index in [0.717, 1.165) is 25.4 Å². The van der Waals surface area contributed by atoms with Gasteiger partial charge in [-0.25, -0.2) is 9.13 Å². The van der Waals surface area contributed by atoms with Crippen molar-refractivity contribution in [3.05, 3.63) is 36.2 Å². The molecule has 2 aromatic rings. The zero-order chi connectivity index (χ0) is 13.0. The van der Waals surface area contributed by atoms with Gasteiger partial charge in [0.2, 0.25) is 6.33 Å². The van der Waals surface area contributed by atoms with E-state index < -0.39 is 0 Å².